The number of allylic oxidation sites excluding steroid dienone is 5. The summed E-state index contributed by atoms with van der Waals surface area (Å²) in [5.41, 5.74) is -4.54. The van der Waals surface area contributed by atoms with E-state index in [4.69, 9.17) is 4.74 Å². The Morgan fingerprint density at radius 1 is 0.906 bits per heavy atom. The molecule has 0 aromatic heterocycles. The second kappa shape index (κ2) is 18.4. The van der Waals surface area contributed by atoms with Crippen LogP contribution in [0.5, 0.6) is 0 Å². The summed E-state index contributed by atoms with van der Waals surface area (Å²) in [6.07, 6.45) is 23.5. The van der Waals surface area contributed by atoms with E-state index in [2.05, 4.69) is 31.2 Å². The van der Waals surface area contributed by atoms with Crippen molar-refractivity contribution in [3.05, 3.63) is 36.0 Å². The van der Waals surface area contributed by atoms with E-state index < -0.39 is 57.8 Å². The lowest BCUT2D eigenvalue weighted by Crippen LogP contribution is -2.63. The molecule has 4 aliphatic carbocycles. The fraction of sp³-hybridized carbons (Fsp3) is 0.822. The third kappa shape index (κ3) is 10.1. The van der Waals surface area contributed by atoms with Gasteiger partial charge in [-0.3, -0.25) is 9.59 Å². The molecule has 0 amide bonds. The minimum atomic E-state index is -1.50. The minimum absolute atomic E-state index is 0.108. The van der Waals surface area contributed by atoms with Gasteiger partial charge in [-0.25, -0.2) is 0 Å². The summed E-state index contributed by atoms with van der Waals surface area (Å²) in [6.45, 7) is 11.4. The number of unbranched alkanes of at least 4 members (excludes halogenated alkanes) is 8. The first-order valence-corrected chi connectivity index (χ1v) is 21.2. The molecular formula is C45H74O8. The Balaban J connectivity index is 1.34. The van der Waals surface area contributed by atoms with E-state index >= 15 is 0 Å². The third-order valence-electron chi connectivity index (χ3n) is 14.1. The van der Waals surface area contributed by atoms with Gasteiger partial charge < -0.3 is 30.3 Å². The second-order valence-electron chi connectivity index (χ2n) is 18.6. The number of rotatable bonds is 20. The first-order chi connectivity index (χ1) is 24.9. The first-order valence-electron chi connectivity index (χ1n) is 21.2. The van der Waals surface area contributed by atoms with Crippen LogP contribution in [0, 0.1) is 28.6 Å². The van der Waals surface area contributed by atoms with Crippen LogP contribution in [0.15, 0.2) is 36.0 Å². The van der Waals surface area contributed by atoms with Crippen LogP contribution in [0.3, 0.4) is 0 Å². The van der Waals surface area contributed by atoms with Crippen molar-refractivity contribution < 1.29 is 39.9 Å². The number of ketones is 1. The molecule has 0 radical (unpaired) electrons. The molecule has 0 aromatic rings. The van der Waals surface area contributed by atoms with Crippen molar-refractivity contribution in [2.45, 2.75) is 205 Å². The largest absolute Gasteiger partial charge is 0.459 e. The summed E-state index contributed by atoms with van der Waals surface area (Å²) in [5.74, 6) is -1.43. The summed E-state index contributed by atoms with van der Waals surface area (Å²) < 4.78 is 6.12. The van der Waals surface area contributed by atoms with Crippen LogP contribution in [-0.4, -0.2) is 72.4 Å². The number of fused-ring (bicyclic) bond motifs is 5. The number of carbonyl (C=O) groups is 2. The molecule has 302 valence electrons. The Labute approximate surface area is 320 Å². The van der Waals surface area contributed by atoms with Crippen molar-refractivity contribution >= 4 is 11.8 Å². The van der Waals surface area contributed by atoms with Gasteiger partial charge in [0.15, 0.2) is 5.78 Å². The van der Waals surface area contributed by atoms with E-state index in [0.29, 0.717) is 50.5 Å². The van der Waals surface area contributed by atoms with Gasteiger partial charge in [0, 0.05) is 17.8 Å². The van der Waals surface area contributed by atoms with Gasteiger partial charge in [-0.2, -0.15) is 0 Å². The predicted octanol–water partition coefficient (Wildman–Crippen LogP) is 8.22. The molecule has 3 fully saturated rings. The smallest absolute Gasteiger partial charge is 0.306 e. The molecular weight excluding hydrogens is 668 g/mol. The average molecular weight is 743 g/mol. The highest BCUT2D eigenvalue weighted by molar-refractivity contribution is 5.95. The zero-order valence-corrected chi connectivity index (χ0v) is 34.0. The normalized spacial score (nSPS) is 34.7. The fourth-order valence-electron chi connectivity index (χ4n) is 10.8. The molecule has 0 bridgehead atoms. The molecule has 8 heteroatoms. The molecule has 5 N–H and O–H groups in total. The Morgan fingerprint density at radius 2 is 1.55 bits per heavy atom. The predicted molar refractivity (Wildman–Crippen MR) is 210 cm³/mol. The van der Waals surface area contributed by atoms with E-state index in [9.17, 15) is 35.1 Å². The molecule has 0 unspecified atom stereocenters. The van der Waals surface area contributed by atoms with Gasteiger partial charge in [-0.05, 0) is 140 Å². The number of esters is 1. The zero-order valence-electron chi connectivity index (χ0n) is 34.0. The van der Waals surface area contributed by atoms with Gasteiger partial charge in [0.25, 0.3) is 0 Å². The summed E-state index contributed by atoms with van der Waals surface area (Å²) in [6, 6.07) is 0. The topological polar surface area (TPSA) is 145 Å². The van der Waals surface area contributed by atoms with E-state index in [1.165, 1.54) is 25.7 Å². The van der Waals surface area contributed by atoms with Crippen LogP contribution in [0.25, 0.3) is 0 Å². The van der Waals surface area contributed by atoms with Crippen molar-refractivity contribution in [3.63, 3.8) is 0 Å². The van der Waals surface area contributed by atoms with Crippen molar-refractivity contribution in [1.82, 2.24) is 0 Å². The van der Waals surface area contributed by atoms with Crippen LogP contribution in [0.2, 0.25) is 0 Å². The van der Waals surface area contributed by atoms with Crippen LogP contribution in [0.4, 0.5) is 0 Å². The summed E-state index contributed by atoms with van der Waals surface area (Å²) in [4.78, 5) is 26.9. The van der Waals surface area contributed by atoms with Crippen molar-refractivity contribution in [2.24, 2.45) is 28.6 Å². The molecule has 0 spiro atoms. The monoisotopic (exact) mass is 743 g/mol. The van der Waals surface area contributed by atoms with E-state index in [0.717, 1.165) is 38.5 Å². The fourth-order valence-corrected chi connectivity index (χ4v) is 10.8. The van der Waals surface area contributed by atoms with Gasteiger partial charge in [-0.15, -0.1) is 0 Å². The molecule has 0 aromatic carbocycles. The van der Waals surface area contributed by atoms with Gasteiger partial charge in [0.2, 0.25) is 0 Å². The third-order valence-corrected chi connectivity index (χ3v) is 14.1. The summed E-state index contributed by atoms with van der Waals surface area (Å²) >= 11 is 0. The maximum atomic E-state index is 13.6. The van der Waals surface area contributed by atoms with Crippen molar-refractivity contribution in [1.29, 1.82) is 0 Å². The van der Waals surface area contributed by atoms with Gasteiger partial charge in [-0.1, -0.05) is 77.2 Å². The van der Waals surface area contributed by atoms with Crippen LogP contribution in [-0.2, 0) is 14.3 Å². The van der Waals surface area contributed by atoms with Crippen LogP contribution >= 0.6 is 0 Å². The molecule has 4 rings (SSSR count). The highest BCUT2D eigenvalue weighted by Gasteiger charge is 2.69. The Kier molecular flexibility index (Phi) is 15.2. The lowest BCUT2D eigenvalue weighted by atomic mass is 9.45. The number of ether oxygens (including phenoxy) is 1. The van der Waals surface area contributed by atoms with Crippen LogP contribution < -0.4 is 0 Å². The van der Waals surface area contributed by atoms with Crippen molar-refractivity contribution in [3.8, 4) is 0 Å². The number of aliphatic hydroxyl groups excluding tert-OH is 2. The molecule has 10 atom stereocenters. The first kappa shape index (κ1) is 43.9. The molecule has 3 saturated carbocycles. The number of hydrogen-bond acceptors (Lipinski definition) is 8. The minimum Gasteiger partial charge on any atom is -0.459 e. The number of hydrogen-bond donors (Lipinski definition) is 5. The van der Waals surface area contributed by atoms with Crippen LogP contribution in [0.1, 0.15) is 170 Å². The molecule has 4 aliphatic rings. The Morgan fingerprint density at radius 3 is 2.21 bits per heavy atom. The average Bonchev–Trinajstić information content (AvgIpc) is 3.37. The second-order valence-corrected chi connectivity index (χ2v) is 18.6. The van der Waals surface area contributed by atoms with E-state index in [1.807, 2.05) is 13.8 Å². The maximum absolute atomic E-state index is 13.6. The summed E-state index contributed by atoms with van der Waals surface area (Å²) in [5, 5.41) is 56.9. The Hall–Kier alpha value is -1.84. The quantitative estimate of drug-likeness (QED) is 0.0477. The van der Waals surface area contributed by atoms with E-state index in [1.54, 1.807) is 26.8 Å². The molecule has 0 heterocycles. The standard InChI is InChI=1S/C45H74O8/c1-7-8-9-10-11-12-13-14-15-16-17-18-19-20-21-22-40(49)53-39(25-26-41(2,3)50)44(6,51)38-24-28-45(52)33-29-35(46)34-30-36(47)37(48)31-42(34,4)32(33)23-27-43(38,45)5/h11-12,14-15,29,32,34,36-39,47-48,50-52H,7-10,13,16-28,30-31H2,1-6H3/t32-,34-,36+,37-,38-,39+,42+,43+,44+,45+/m0/s1. The lowest BCUT2D eigenvalue weighted by Gasteiger charge is -2.60. The highest BCUT2D eigenvalue weighted by Crippen LogP contribution is 2.68. The van der Waals surface area contributed by atoms with Gasteiger partial charge in [0.1, 0.15) is 11.7 Å². The van der Waals surface area contributed by atoms with Crippen molar-refractivity contribution in [2.75, 3.05) is 0 Å². The number of aliphatic hydroxyl groups is 5. The maximum Gasteiger partial charge on any atom is 0.306 e. The molecule has 0 saturated heterocycles. The zero-order chi connectivity index (χ0) is 39.1. The molecule has 0 aliphatic heterocycles. The van der Waals surface area contributed by atoms with E-state index in [-0.39, 0.29) is 36.9 Å². The SMILES string of the molecule is CCCCCC=CCC=CCCCCCCCC(=O)O[C@H](CCC(C)(C)O)[C@](C)(O)[C@H]1CC[C@@]2(O)C3=CC(=O)[C@@H]4C[C@@H](O)[C@@H](O)C[C@]4(C)[C@H]3CC[C@]12C. The number of carbonyl (C=O) groups excluding carboxylic acids is 2. The molecule has 53 heavy (non-hydrogen) atoms. The lowest BCUT2D eigenvalue weighted by molar-refractivity contribution is -0.194. The molecule has 8 nitrogen and oxygen atoms in total. The highest BCUT2D eigenvalue weighted by atomic mass is 16.6. The van der Waals surface area contributed by atoms with Gasteiger partial charge in [0.05, 0.1) is 23.4 Å². The Bertz CT molecular complexity index is 1310. The van der Waals surface area contributed by atoms with Gasteiger partial charge >= 0.3 is 5.97 Å². The summed E-state index contributed by atoms with van der Waals surface area (Å²) in [7, 11) is 0.